The number of benzene rings is 4. The third-order valence-corrected chi connectivity index (χ3v) is 8.32. The van der Waals surface area contributed by atoms with E-state index in [0.717, 1.165) is 22.3 Å². The first-order chi connectivity index (χ1) is 21.0. The van der Waals surface area contributed by atoms with Crippen molar-refractivity contribution in [2.45, 2.75) is 63.2 Å². The second kappa shape index (κ2) is 12.9. The summed E-state index contributed by atoms with van der Waals surface area (Å²) in [5.41, 5.74) is 1.40. The summed E-state index contributed by atoms with van der Waals surface area (Å²) in [6, 6.07) is 37.3. The normalized spacial score (nSPS) is 26.0. The van der Waals surface area contributed by atoms with Crippen molar-refractivity contribution in [1.82, 2.24) is 0 Å². The Labute approximate surface area is 250 Å². The van der Waals surface area contributed by atoms with Gasteiger partial charge in [0.2, 0.25) is 5.78 Å². The summed E-state index contributed by atoms with van der Waals surface area (Å²) in [5, 5.41) is 0. The molecule has 0 aromatic heterocycles. The fourth-order valence-corrected chi connectivity index (χ4v) is 5.92. The zero-order chi connectivity index (χ0) is 29.7. The van der Waals surface area contributed by atoms with Crippen molar-refractivity contribution in [3.8, 4) is 0 Å². The molecule has 4 aromatic rings. The number of Topliss-reactive ketones (excluding diaryl/α,β-unsaturated/α-hetero) is 1. The highest BCUT2D eigenvalue weighted by Crippen LogP contribution is 2.65. The van der Waals surface area contributed by atoms with Crippen LogP contribution in [0.25, 0.3) is 0 Å². The first-order valence-corrected chi connectivity index (χ1v) is 14.5. The van der Waals surface area contributed by atoms with Crippen molar-refractivity contribution in [1.29, 1.82) is 0 Å². The first-order valence-electron chi connectivity index (χ1n) is 14.5. The van der Waals surface area contributed by atoms with E-state index in [2.05, 4.69) is 0 Å². The third-order valence-electron chi connectivity index (χ3n) is 8.32. The van der Waals surface area contributed by atoms with Crippen molar-refractivity contribution >= 4 is 5.78 Å². The molecule has 0 N–H and O–H groups in total. The molecule has 5 nitrogen and oxygen atoms in total. The molecule has 0 heterocycles. The van der Waals surface area contributed by atoms with E-state index in [-0.39, 0.29) is 32.8 Å². The second-order valence-electron chi connectivity index (χ2n) is 11.2. The number of ketones is 1. The zero-order valence-electron chi connectivity index (χ0n) is 23.7. The minimum absolute atomic E-state index is 0.0230. The Balaban J connectivity index is 1.33. The van der Waals surface area contributed by atoms with Gasteiger partial charge < -0.3 is 18.9 Å². The van der Waals surface area contributed by atoms with Crippen molar-refractivity contribution in [2.75, 3.05) is 0 Å². The summed E-state index contributed by atoms with van der Waals surface area (Å²) in [6.07, 6.45) is -4.74. The smallest absolute Gasteiger partial charge is 0.318 e. The molecule has 0 aliphatic heterocycles. The van der Waals surface area contributed by atoms with Crippen LogP contribution in [0.4, 0.5) is 8.78 Å². The highest BCUT2D eigenvalue weighted by atomic mass is 19.3. The molecule has 0 saturated heterocycles. The second-order valence-corrected chi connectivity index (χ2v) is 11.2. The van der Waals surface area contributed by atoms with Crippen LogP contribution in [0.3, 0.4) is 0 Å². The van der Waals surface area contributed by atoms with Crippen LogP contribution in [0.1, 0.15) is 28.7 Å². The lowest BCUT2D eigenvalue weighted by molar-refractivity contribution is -0.251. The molecular formula is C36H34F2O5. The Kier molecular flexibility index (Phi) is 8.77. The molecule has 4 aromatic carbocycles. The SMILES string of the molecule is O=C1[C@H](OCc2ccccc2)[C@@H](OCc2ccccc2)[C@H](OCc2ccccc2)[C@]2(C[C@@H]2OCc2ccccc2)C1(F)F. The lowest BCUT2D eigenvalue weighted by Gasteiger charge is -2.46. The van der Waals surface area contributed by atoms with E-state index in [1.165, 1.54) is 0 Å². The number of carbonyl (C=O) groups excluding carboxylic acids is 1. The largest absolute Gasteiger partial charge is 0.373 e. The van der Waals surface area contributed by atoms with Gasteiger partial charge in [0.25, 0.3) is 0 Å². The molecule has 0 bridgehead atoms. The van der Waals surface area contributed by atoms with Crippen LogP contribution in [0, 0.1) is 5.41 Å². The fourth-order valence-electron chi connectivity index (χ4n) is 5.92. The molecule has 6 rings (SSSR count). The van der Waals surface area contributed by atoms with E-state index >= 15 is 8.78 Å². The molecular weight excluding hydrogens is 550 g/mol. The molecule has 7 heteroatoms. The van der Waals surface area contributed by atoms with Crippen LogP contribution in [0.5, 0.6) is 0 Å². The van der Waals surface area contributed by atoms with Gasteiger partial charge in [-0.15, -0.1) is 0 Å². The number of hydrogen-bond donors (Lipinski definition) is 0. The highest BCUT2D eigenvalue weighted by molar-refractivity contribution is 5.93. The quantitative estimate of drug-likeness (QED) is 0.181. The van der Waals surface area contributed by atoms with E-state index in [0.29, 0.717) is 0 Å². The van der Waals surface area contributed by atoms with Gasteiger partial charge in [0.15, 0.2) is 6.10 Å². The standard InChI is InChI=1S/C36H34F2O5/c37-36(38)33(39)31(41-23-27-15-7-2-8-16-27)32(42-24-28-17-9-3-10-18-28)34(43-25-29-19-11-4-12-20-29)35(36)21-30(35)40-22-26-13-5-1-6-14-26/h1-20,30-32,34H,21-25H2/t30-,31+,32+,34-,35+/m0/s1. The summed E-state index contributed by atoms with van der Waals surface area (Å²) >= 11 is 0. The maximum Gasteiger partial charge on any atom is 0.318 e. The molecule has 2 fully saturated rings. The molecule has 1 spiro atoms. The van der Waals surface area contributed by atoms with Gasteiger partial charge in [0, 0.05) is 0 Å². The Morgan fingerprint density at radius 1 is 0.558 bits per heavy atom. The van der Waals surface area contributed by atoms with Crippen LogP contribution in [-0.2, 0) is 50.2 Å². The predicted molar refractivity (Wildman–Crippen MR) is 157 cm³/mol. The van der Waals surface area contributed by atoms with E-state index in [4.69, 9.17) is 18.9 Å². The number of rotatable bonds is 12. The summed E-state index contributed by atoms with van der Waals surface area (Å²) in [6.45, 7) is 0.295. The summed E-state index contributed by atoms with van der Waals surface area (Å²) in [7, 11) is 0. The van der Waals surface area contributed by atoms with E-state index in [9.17, 15) is 4.79 Å². The first kappa shape index (κ1) is 29.3. The molecule has 2 aliphatic carbocycles. The molecule has 2 saturated carbocycles. The van der Waals surface area contributed by atoms with Gasteiger partial charge in [-0.1, -0.05) is 121 Å². The molecule has 0 radical (unpaired) electrons. The molecule has 0 unspecified atom stereocenters. The molecule has 222 valence electrons. The van der Waals surface area contributed by atoms with E-state index in [1.807, 2.05) is 121 Å². The minimum Gasteiger partial charge on any atom is -0.373 e. The average molecular weight is 585 g/mol. The van der Waals surface area contributed by atoms with Gasteiger partial charge >= 0.3 is 5.92 Å². The van der Waals surface area contributed by atoms with Gasteiger partial charge in [-0.2, -0.15) is 8.78 Å². The zero-order valence-corrected chi connectivity index (χ0v) is 23.7. The molecule has 43 heavy (non-hydrogen) atoms. The van der Waals surface area contributed by atoms with Crippen LogP contribution < -0.4 is 0 Å². The highest BCUT2D eigenvalue weighted by Gasteiger charge is 2.82. The summed E-state index contributed by atoms with van der Waals surface area (Å²) in [5.74, 6) is -5.06. The molecule has 0 amide bonds. The average Bonchev–Trinajstić information content (AvgIpc) is 3.79. The topological polar surface area (TPSA) is 54.0 Å². The van der Waals surface area contributed by atoms with Crippen LogP contribution in [-0.4, -0.2) is 36.1 Å². The van der Waals surface area contributed by atoms with Crippen molar-refractivity contribution in [3.05, 3.63) is 144 Å². The van der Waals surface area contributed by atoms with Crippen LogP contribution in [0.15, 0.2) is 121 Å². The van der Waals surface area contributed by atoms with Gasteiger partial charge in [-0.05, 0) is 28.7 Å². The van der Waals surface area contributed by atoms with Crippen molar-refractivity contribution in [2.24, 2.45) is 5.41 Å². The Morgan fingerprint density at radius 3 is 1.42 bits per heavy atom. The van der Waals surface area contributed by atoms with Crippen molar-refractivity contribution < 1.29 is 32.5 Å². The Bertz CT molecular complexity index is 1470. The number of hydrogen-bond acceptors (Lipinski definition) is 5. The monoisotopic (exact) mass is 584 g/mol. The third kappa shape index (κ3) is 6.17. The van der Waals surface area contributed by atoms with Crippen LogP contribution >= 0.6 is 0 Å². The van der Waals surface area contributed by atoms with Gasteiger partial charge in [-0.3, -0.25) is 4.79 Å². The fraction of sp³-hybridized carbons (Fsp3) is 0.306. The Morgan fingerprint density at radius 2 is 0.953 bits per heavy atom. The van der Waals surface area contributed by atoms with E-state index < -0.39 is 41.5 Å². The maximum atomic E-state index is 16.5. The predicted octanol–water partition coefficient (Wildman–Crippen LogP) is 6.94. The summed E-state index contributed by atoms with van der Waals surface area (Å²) < 4.78 is 57.7. The van der Waals surface area contributed by atoms with Gasteiger partial charge in [-0.25, -0.2) is 0 Å². The lowest BCUT2D eigenvalue weighted by atomic mass is 9.75. The molecule has 5 atom stereocenters. The molecule has 2 aliphatic rings. The Hall–Kier alpha value is -3.75. The summed E-state index contributed by atoms with van der Waals surface area (Å²) in [4.78, 5) is 13.7. The van der Waals surface area contributed by atoms with Gasteiger partial charge in [0.05, 0.1) is 37.9 Å². The lowest BCUT2D eigenvalue weighted by Crippen LogP contribution is -2.66. The van der Waals surface area contributed by atoms with E-state index in [1.54, 1.807) is 0 Å². The number of ether oxygens (including phenoxy) is 4. The van der Waals surface area contributed by atoms with Gasteiger partial charge in [0.1, 0.15) is 12.2 Å². The number of carbonyl (C=O) groups is 1. The minimum atomic E-state index is -3.76. The van der Waals surface area contributed by atoms with Crippen LogP contribution in [0.2, 0.25) is 0 Å². The maximum absolute atomic E-state index is 16.5. The number of halogens is 2. The number of alkyl halides is 2. The van der Waals surface area contributed by atoms with Crippen molar-refractivity contribution in [3.63, 3.8) is 0 Å².